The molecule has 0 atom stereocenters. The molecule has 0 aliphatic heterocycles. The summed E-state index contributed by atoms with van der Waals surface area (Å²) in [6, 6.07) is 11.3. The number of aromatic nitrogens is 3. The molecule has 9 heteroatoms. The van der Waals surface area contributed by atoms with E-state index in [0.29, 0.717) is 29.4 Å². The minimum Gasteiger partial charge on any atom is -0.494 e. The lowest BCUT2D eigenvalue weighted by molar-refractivity contribution is 0.0984. The number of hydrogen-bond acceptors (Lipinski definition) is 7. The Morgan fingerprint density at radius 2 is 1.67 bits per heavy atom. The van der Waals surface area contributed by atoms with Crippen molar-refractivity contribution in [1.29, 1.82) is 0 Å². The molecular weight excluding hydrogens is 458 g/mol. The Labute approximate surface area is 203 Å². The zero-order chi connectivity index (χ0) is 22.5. The maximum atomic E-state index is 13.6. The number of amides is 1. The first kappa shape index (κ1) is 24.8. The highest BCUT2D eigenvalue weighted by atomic mass is 35.5. The lowest BCUT2D eigenvalue weighted by Crippen LogP contribution is -2.38. The quantitative estimate of drug-likeness (QED) is 0.330. The van der Waals surface area contributed by atoms with Crippen LogP contribution in [0.3, 0.4) is 0 Å². The van der Waals surface area contributed by atoms with E-state index in [9.17, 15) is 4.79 Å². The van der Waals surface area contributed by atoms with Crippen molar-refractivity contribution in [1.82, 2.24) is 19.9 Å². The van der Waals surface area contributed by atoms with Gasteiger partial charge in [-0.1, -0.05) is 25.2 Å². The van der Waals surface area contributed by atoms with Crippen molar-refractivity contribution >= 4 is 56.0 Å². The summed E-state index contributed by atoms with van der Waals surface area (Å²) in [5, 5.41) is 0.685. The van der Waals surface area contributed by atoms with E-state index < -0.39 is 0 Å². The molecule has 2 aromatic carbocycles. The maximum Gasteiger partial charge on any atom is 0.260 e. The predicted octanol–water partition coefficient (Wildman–Crippen LogP) is 5.05. The number of carbonyl (C=O) groups is 1. The van der Waals surface area contributed by atoms with Gasteiger partial charge in [-0.25, -0.2) is 4.98 Å². The third-order valence-electron chi connectivity index (χ3n) is 5.39. The highest BCUT2D eigenvalue weighted by Crippen LogP contribution is 2.32. The Balaban J connectivity index is 0.00000306. The maximum absolute atomic E-state index is 13.6. The van der Waals surface area contributed by atoms with Crippen LogP contribution in [0, 0.1) is 0 Å². The molecule has 7 nitrogen and oxygen atoms in total. The van der Waals surface area contributed by atoms with Gasteiger partial charge in [-0.15, -0.1) is 12.4 Å². The highest BCUT2D eigenvalue weighted by Gasteiger charge is 2.22. The summed E-state index contributed by atoms with van der Waals surface area (Å²) >= 11 is 1.51. The van der Waals surface area contributed by atoms with Gasteiger partial charge in [0, 0.05) is 31.0 Å². The third-order valence-corrected chi connectivity index (χ3v) is 6.43. The molecule has 2 heterocycles. The van der Waals surface area contributed by atoms with Crippen LogP contribution in [0.5, 0.6) is 5.75 Å². The van der Waals surface area contributed by atoms with E-state index in [1.165, 1.54) is 11.3 Å². The molecule has 4 aromatic rings. The molecular formula is C24H28ClN5O2S. The molecule has 1 amide bonds. The van der Waals surface area contributed by atoms with Gasteiger partial charge in [0.15, 0.2) is 5.13 Å². The lowest BCUT2D eigenvalue weighted by Gasteiger charge is -2.24. The van der Waals surface area contributed by atoms with Gasteiger partial charge in [0.2, 0.25) is 0 Å². The molecule has 0 bridgehead atoms. The molecule has 33 heavy (non-hydrogen) atoms. The largest absolute Gasteiger partial charge is 0.494 e. The standard InChI is InChI=1S/C24H27N5O2S.ClH/c1-4-28(5-2)13-14-29(23(30)17-7-9-19-21(15-17)26-12-11-25-19)24-27-20-10-8-18(31-6-3)16-22(20)32-24;/h7-12,15-16H,4-6,13-14H2,1-3H3;1H. The van der Waals surface area contributed by atoms with Crippen molar-refractivity contribution in [2.45, 2.75) is 20.8 Å². The van der Waals surface area contributed by atoms with Gasteiger partial charge in [-0.3, -0.25) is 19.7 Å². The molecule has 174 valence electrons. The fourth-order valence-corrected chi connectivity index (χ4v) is 4.60. The average molecular weight is 486 g/mol. The fourth-order valence-electron chi connectivity index (χ4n) is 3.58. The van der Waals surface area contributed by atoms with E-state index in [4.69, 9.17) is 9.72 Å². The molecule has 0 saturated carbocycles. The Bertz CT molecular complexity index is 1230. The van der Waals surface area contributed by atoms with E-state index in [2.05, 4.69) is 28.7 Å². The van der Waals surface area contributed by atoms with Crippen LogP contribution in [-0.4, -0.2) is 58.5 Å². The summed E-state index contributed by atoms with van der Waals surface area (Å²) in [6.45, 7) is 10.0. The SMILES string of the molecule is CCOc1ccc2nc(N(CCN(CC)CC)C(=O)c3ccc4nccnc4c3)sc2c1.Cl. The Hall–Kier alpha value is -2.81. The molecule has 4 rings (SSSR count). The third kappa shape index (κ3) is 5.58. The molecule has 0 unspecified atom stereocenters. The van der Waals surface area contributed by atoms with Crippen molar-refractivity contribution in [3.05, 3.63) is 54.4 Å². The van der Waals surface area contributed by atoms with E-state index in [1.54, 1.807) is 23.4 Å². The average Bonchev–Trinajstić information content (AvgIpc) is 3.24. The van der Waals surface area contributed by atoms with Crippen LogP contribution in [0.15, 0.2) is 48.8 Å². The Morgan fingerprint density at radius 1 is 0.939 bits per heavy atom. The Kier molecular flexibility index (Phi) is 8.55. The van der Waals surface area contributed by atoms with Crippen molar-refractivity contribution in [3.8, 4) is 5.75 Å². The fraction of sp³-hybridized carbons (Fsp3) is 0.333. The van der Waals surface area contributed by atoms with Gasteiger partial charge < -0.3 is 9.64 Å². The molecule has 0 aliphatic carbocycles. The number of fused-ring (bicyclic) bond motifs is 2. The molecule has 0 saturated heterocycles. The summed E-state index contributed by atoms with van der Waals surface area (Å²) in [5.41, 5.74) is 2.90. The zero-order valence-electron chi connectivity index (χ0n) is 19.0. The second-order valence-corrected chi connectivity index (χ2v) is 8.31. The van der Waals surface area contributed by atoms with Crippen LogP contribution >= 0.6 is 23.7 Å². The summed E-state index contributed by atoms with van der Waals surface area (Å²) in [4.78, 5) is 31.1. The number of anilines is 1. The van der Waals surface area contributed by atoms with Crippen molar-refractivity contribution in [3.63, 3.8) is 0 Å². The smallest absolute Gasteiger partial charge is 0.260 e. The number of benzene rings is 2. The molecule has 0 fully saturated rings. The van der Waals surface area contributed by atoms with Crippen LogP contribution < -0.4 is 9.64 Å². The van der Waals surface area contributed by atoms with Gasteiger partial charge in [0.05, 0.1) is 27.9 Å². The van der Waals surface area contributed by atoms with E-state index in [1.807, 2.05) is 37.3 Å². The summed E-state index contributed by atoms with van der Waals surface area (Å²) in [5.74, 6) is 0.720. The topological polar surface area (TPSA) is 71.5 Å². The normalized spacial score (nSPS) is 11.0. The first-order chi connectivity index (χ1) is 15.6. The number of carbonyl (C=O) groups excluding carboxylic acids is 1. The van der Waals surface area contributed by atoms with Crippen molar-refractivity contribution in [2.24, 2.45) is 0 Å². The molecule has 0 aliphatic rings. The summed E-state index contributed by atoms with van der Waals surface area (Å²) in [7, 11) is 0. The van der Waals surface area contributed by atoms with Gasteiger partial charge in [0.1, 0.15) is 5.75 Å². The zero-order valence-corrected chi connectivity index (χ0v) is 20.7. The molecule has 2 aromatic heterocycles. The number of nitrogens with zero attached hydrogens (tertiary/aromatic N) is 5. The number of thiazole rings is 1. The lowest BCUT2D eigenvalue weighted by atomic mass is 10.1. The van der Waals surface area contributed by atoms with Crippen LogP contribution in [-0.2, 0) is 0 Å². The summed E-state index contributed by atoms with van der Waals surface area (Å²) in [6.07, 6.45) is 3.29. The molecule has 0 N–H and O–H groups in total. The predicted molar refractivity (Wildman–Crippen MR) is 137 cm³/mol. The minimum absolute atomic E-state index is 0. The summed E-state index contributed by atoms with van der Waals surface area (Å²) < 4.78 is 6.62. The second kappa shape index (κ2) is 11.4. The van der Waals surface area contributed by atoms with E-state index >= 15 is 0 Å². The van der Waals surface area contributed by atoms with Crippen molar-refractivity contribution in [2.75, 3.05) is 37.7 Å². The van der Waals surface area contributed by atoms with Gasteiger partial charge in [-0.05, 0) is 56.4 Å². The Morgan fingerprint density at radius 3 is 2.39 bits per heavy atom. The number of likely N-dealkylation sites (N-methyl/N-ethyl adjacent to an activating group) is 1. The molecule has 0 radical (unpaired) electrons. The van der Waals surface area contributed by atoms with Crippen LogP contribution in [0.1, 0.15) is 31.1 Å². The van der Waals surface area contributed by atoms with Gasteiger partial charge >= 0.3 is 0 Å². The minimum atomic E-state index is -0.0891. The van der Waals surface area contributed by atoms with E-state index in [-0.39, 0.29) is 18.3 Å². The van der Waals surface area contributed by atoms with Gasteiger partial charge in [0.25, 0.3) is 5.91 Å². The monoisotopic (exact) mass is 485 g/mol. The molecule has 0 spiro atoms. The van der Waals surface area contributed by atoms with Crippen LogP contribution in [0.25, 0.3) is 21.3 Å². The van der Waals surface area contributed by atoms with Crippen LogP contribution in [0.2, 0.25) is 0 Å². The number of halogens is 1. The first-order valence-electron chi connectivity index (χ1n) is 10.9. The van der Waals surface area contributed by atoms with Crippen LogP contribution in [0.4, 0.5) is 5.13 Å². The van der Waals surface area contributed by atoms with E-state index in [0.717, 1.165) is 41.1 Å². The first-order valence-corrected chi connectivity index (χ1v) is 11.7. The number of rotatable bonds is 9. The second-order valence-electron chi connectivity index (χ2n) is 7.30. The van der Waals surface area contributed by atoms with Crippen molar-refractivity contribution < 1.29 is 9.53 Å². The van der Waals surface area contributed by atoms with Gasteiger partial charge in [-0.2, -0.15) is 0 Å². The number of hydrogen-bond donors (Lipinski definition) is 0. The highest BCUT2D eigenvalue weighted by molar-refractivity contribution is 7.22. The number of ether oxygens (including phenoxy) is 1.